The van der Waals surface area contributed by atoms with E-state index in [4.69, 9.17) is 11.6 Å². The number of carbonyl (C=O) groups excluding carboxylic acids is 1. The van der Waals surface area contributed by atoms with Gasteiger partial charge in [0.05, 0.1) is 15.5 Å². The van der Waals surface area contributed by atoms with Crippen molar-refractivity contribution in [2.24, 2.45) is 0 Å². The first-order valence-electron chi connectivity index (χ1n) is 9.43. The van der Waals surface area contributed by atoms with Crippen molar-refractivity contribution < 1.29 is 13.2 Å². The maximum absolute atomic E-state index is 12.8. The van der Waals surface area contributed by atoms with Crippen LogP contribution in [0.2, 0.25) is 5.02 Å². The van der Waals surface area contributed by atoms with Gasteiger partial charge in [-0.3, -0.25) is 4.79 Å². The third-order valence-corrected chi connectivity index (χ3v) is 6.36. The summed E-state index contributed by atoms with van der Waals surface area (Å²) in [7, 11) is -3.73. The number of rotatable bonds is 7. The lowest BCUT2D eigenvalue weighted by Crippen LogP contribution is -2.30. The Morgan fingerprint density at radius 1 is 1.14 bits per heavy atom. The van der Waals surface area contributed by atoms with Crippen molar-refractivity contribution in [2.45, 2.75) is 44.7 Å². The number of hydrogen-bond acceptors (Lipinski definition) is 3. The highest BCUT2D eigenvalue weighted by Gasteiger charge is 2.20. The smallest absolute Gasteiger partial charge is 0.257 e. The maximum atomic E-state index is 12.8. The van der Waals surface area contributed by atoms with Gasteiger partial charge < -0.3 is 9.88 Å². The minimum atomic E-state index is -3.73. The highest BCUT2D eigenvalue weighted by molar-refractivity contribution is 7.89. The normalized spacial score (nSPS) is 11.9. The van der Waals surface area contributed by atoms with Gasteiger partial charge >= 0.3 is 0 Å². The van der Waals surface area contributed by atoms with Gasteiger partial charge in [0.2, 0.25) is 10.0 Å². The molecule has 3 aromatic rings. The second-order valence-corrected chi connectivity index (χ2v) is 9.28. The molecule has 2 N–H and O–H groups in total. The Hall–Kier alpha value is -2.35. The third-order valence-electron chi connectivity index (χ3n) is 4.38. The zero-order valence-corrected chi connectivity index (χ0v) is 18.1. The van der Waals surface area contributed by atoms with E-state index in [-0.39, 0.29) is 21.5 Å². The number of sulfonamides is 1. The number of anilines is 1. The maximum Gasteiger partial charge on any atom is 0.257 e. The fourth-order valence-corrected chi connectivity index (χ4v) is 4.62. The van der Waals surface area contributed by atoms with Crippen LogP contribution in [0.15, 0.2) is 53.6 Å². The Morgan fingerprint density at radius 2 is 1.90 bits per heavy atom. The SMILES string of the molecule is CCCn1ccc2cc(NC(=O)c3cc(S(=O)(=O)NC(C)C)ccc3Cl)ccc21. The van der Waals surface area contributed by atoms with Crippen molar-refractivity contribution in [1.29, 1.82) is 0 Å². The van der Waals surface area contributed by atoms with Crippen molar-refractivity contribution in [3.05, 3.63) is 59.2 Å². The third kappa shape index (κ3) is 4.80. The van der Waals surface area contributed by atoms with Gasteiger partial charge in [-0.15, -0.1) is 0 Å². The van der Waals surface area contributed by atoms with E-state index in [1.807, 2.05) is 30.5 Å². The van der Waals surface area contributed by atoms with Crippen LogP contribution in [0, 0.1) is 0 Å². The molecule has 8 heteroatoms. The van der Waals surface area contributed by atoms with Gasteiger partial charge in [-0.25, -0.2) is 13.1 Å². The van der Waals surface area contributed by atoms with Gasteiger partial charge in [0.25, 0.3) is 5.91 Å². The summed E-state index contributed by atoms with van der Waals surface area (Å²) in [5, 5.41) is 4.00. The highest BCUT2D eigenvalue weighted by atomic mass is 35.5. The summed E-state index contributed by atoms with van der Waals surface area (Å²) in [6, 6.07) is 11.5. The van der Waals surface area contributed by atoms with E-state index < -0.39 is 15.9 Å². The van der Waals surface area contributed by atoms with Crippen LogP contribution in [0.3, 0.4) is 0 Å². The van der Waals surface area contributed by atoms with E-state index in [2.05, 4.69) is 21.5 Å². The number of nitrogens with one attached hydrogen (secondary N) is 2. The minimum absolute atomic E-state index is 0.00663. The molecule has 0 aliphatic rings. The molecule has 0 atom stereocenters. The lowest BCUT2D eigenvalue weighted by molar-refractivity contribution is 0.102. The van der Waals surface area contributed by atoms with Crippen molar-refractivity contribution >= 4 is 44.1 Å². The van der Waals surface area contributed by atoms with Gasteiger partial charge in [0.15, 0.2) is 0 Å². The van der Waals surface area contributed by atoms with E-state index >= 15 is 0 Å². The lowest BCUT2D eigenvalue weighted by Gasteiger charge is -2.12. The zero-order chi connectivity index (χ0) is 21.2. The van der Waals surface area contributed by atoms with Crippen molar-refractivity contribution in [3.8, 4) is 0 Å². The van der Waals surface area contributed by atoms with Crippen LogP contribution < -0.4 is 10.0 Å². The first kappa shape index (κ1) is 21.4. The van der Waals surface area contributed by atoms with Crippen LogP contribution in [0.25, 0.3) is 10.9 Å². The average Bonchev–Trinajstić information content (AvgIpc) is 3.03. The number of amides is 1. The predicted octanol–water partition coefficient (Wildman–Crippen LogP) is 4.64. The summed E-state index contributed by atoms with van der Waals surface area (Å²) in [4.78, 5) is 12.8. The quantitative estimate of drug-likeness (QED) is 0.569. The summed E-state index contributed by atoms with van der Waals surface area (Å²) < 4.78 is 29.5. The molecule has 29 heavy (non-hydrogen) atoms. The van der Waals surface area contributed by atoms with Crippen LogP contribution in [-0.2, 0) is 16.6 Å². The van der Waals surface area contributed by atoms with Crippen molar-refractivity contribution in [3.63, 3.8) is 0 Å². The van der Waals surface area contributed by atoms with Crippen molar-refractivity contribution in [1.82, 2.24) is 9.29 Å². The van der Waals surface area contributed by atoms with E-state index in [1.54, 1.807) is 13.8 Å². The average molecular weight is 434 g/mol. The number of aromatic nitrogens is 1. The number of fused-ring (bicyclic) bond motifs is 1. The van der Waals surface area contributed by atoms with Crippen molar-refractivity contribution in [2.75, 3.05) is 5.32 Å². The summed E-state index contributed by atoms with van der Waals surface area (Å²) in [5.41, 5.74) is 1.80. The van der Waals surface area contributed by atoms with Gasteiger partial charge in [-0.2, -0.15) is 0 Å². The molecule has 0 saturated carbocycles. The molecule has 1 heterocycles. The van der Waals surface area contributed by atoms with Crippen LogP contribution in [0.1, 0.15) is 37.6 Å². The van der Waals surface area contributed by atoms with Gasteiger partial charge in [0.1, 0.15) is 0 Å². The lowest BCUT2D eigenvalue weighted by atomic mass is 10.2. The molecule has 6 nitrogen and oxygen atoms in total. The summed E-state index contributed by atoms with van der Waals surface area (Å²) in [6.45, 7) is 6.50. The molecular weight excluding hydrogens is 410 g/mol. The Kier molecular flexibility index (Phi) is 6.31. The Bertz CT molecular complexity index is 1150. The molecule has 0 saturated heterocycles. The Morgan fingerprint density at radius 3 is 2.59 bits per heavy atom. The molecule has 0 fully saturated rings. The predicted molar refractivity (Wildman–Crippen MR) is 117 cm³/mol. The molecule has 3 rings (SSSR count). The highest BCUT2D eigenvalue weighted by Crippen LogP contribution is 2.24. The molecule has 2 aromatic carbocycles. The van der Waals surface area contributed by atoms with Gasteiger partial charge in [-0.1, -0.05) is 18.5 Å². The summed E-state index contributed by atoms with van der Waals surface area (Å²) in [6.07, 6.45) is 3.05. The summed E-state index contributed by atoms with van der Waals surface area (Å²) >= 11 is 6.17. The zero-order valence-electron chi connectivity index (χ0n) is 16.6. The molecule has 0 spiro atoms. The molecule has 0 aliphatic carbocycles. The molecule has 1 aromatic heterocycles. The molecular formula is C21H24ClN3O3S. The van der Waals surface area contributed by atoms with Crippen LogP contribution in [-0.4, -0.2) is 24.9 Å². The molecule has 0 radical (unpaired) electrons. The second-order valence-electron chi connectivity index (χ2n) is 7.15. The molecule has 0 aliphatic heterocycles. The van der Waals surface area contributed by atoms with E-state index in [0.717, 1.165) is 23.9 Å². The van der Waals surface area contributed by atoms with Gasteiger partial charge in [0, 0.05) is 35.4 Å². The van der Waals surface area contributed by atoms with Gasteiger partial charge in [-0.05, 0) is 62.7 Å². The van der Waals surface area contributed by atoms with Crippen LogP contribution >= 0.6 is 11.6 Å². The Balaban J connectivity index is 1.87. The molecule has 0 unspecified atom stereocenters. The first-order valence-corrected chi connectivity index (χ1v) is 11.3. The molecule has 154 valence electrons. The van der Waals surface area contributed by atoms with Crippen LogP contribution in [0.4, 0.5) is 5.69 Å². The first-order chi connectivity index (χ1) is 13.7. The number of nitrogens with zero attached hydrogens (tertiary/aromatic N) is 1. The fraction of sp³-hybridized carbons (Fsp3) is 0.286. The topological polar surface area (TPSA) is 80.2 Å². The number of hydrogen-bond donors (Lipinski definition) is 2. The molecule has 1 amide bonds. The van der Waals surface area contributed by atoms with E-state index in [0.29, 0.717) is 5.69 Å². The van der Waals surface area contributed by atoms with E-state index in [9.17, 15) is 13.2 Å². The van der Waals surface area contributed by atoms with E-state index in [1.165, 1.54) is 18.2 Å². The van der Waals surface area contributed by atoms with Crippen LogP contribution in [0.5, 0.6) is 0 Å². The Labute approximate surface area is 175 Å². The molecule has 0 bridgehead atoms. The largest absolute Gasteiger partial charge is 0.347 e. The number of carbonyl (C=O) groups is 1. The standard InChI is InChI=1S/C21H24ClN3O3S/c1-4-10-25-11-9-15-12-16(5-8-20(15)25)23-21(26)18-13-17(6-7-19(18)22)29(27,28)24-14(2)3/h5-9,11-14,24H,4,10H2,1-3H3,(H,23,26). The summed E-state index contributed by atoms with van der Waals surface area (Å²) in [5.74, 6) is -0.469. The monoisotopic (exact) mass is 433 g/mol. The number of benzene rings is 2. The second kappa shape index (κ2) is 8.57. The fourth-order valence-electron chi connectivity index (χ4n) is 3.14. The number of halogens is 1. The number of aryl methyl sites for hydroxylation is 1. The minimum Gasteiger partial charge on any atom is -0.347 e.